The zero-order valence-electron chi connectivity index (χ0n) is 17.7. The van der Waals surface area contributed by atoms with Gasteiger partial charge in [-0.2, -0.15) is 5.10 Å². The lowest BCUT2D eigenvalue weighted by molar-refractivity contribution is -0.138. The number of amides is 2. The summed E-state index contributed by atoms with van der Waals surface area (Å²) >= 11 is 0. The summed E-state index contributed by atoms with van der Waals surface area (Å²) in [6, 6.07) is 15.1. The molecule has 8 nitrogen and oxygen atoms in total. The van der Waals surface area contributed by atoms with Crippen molar-refractivity contribution in [2.45, 2.75) is 37.6 Å². The second-order valence-corrected chi connectivity index (χ2v) is 8.56. The smallest absolute Gasteiger partial charge is 0.257 e. The summed E-state index contributed by atoms with van der Waals surface area (Å²) in [5.74, 6) is 0.585. The van der Waals surface area contributed by atoms with E-state index < -0.39 is 5.72 Å². The molecule has 3 aliphatic heterocycles. The third kappa shape index (κ3) is 2.59. The van der Waals surface area contributed by atoms with Crippen LogP contribution in [0.1, 0.15) is 40.5 Å². The highest BCUT2D eigenvalue weighted by Gasteiger charge is 2.65. The molecule has 3 atom stereocenters. The summed E-state index contributed by atoms with van der Waals surface area (Å²) < 4.78 is 8.00. The van der Waals surface area contributed by atoms with Gasteiger partial charge in [0.1, 0.15) is 0 Å². The SMILES string of the molecule is Cc1c(C(=O)N2CC[C@@]34OC[C@@H](c5ccccc5)N3C(=O)C[C@@H]24)cnn1-c1ccccn1. The van der Waals surface area contributed by atoms with Crippen LogP contribution in [0.5, 0.6) is 0 Å². The van der Waals surface area contributed by atoms with Gasteiger partial charge in [0.15, 0.2) is 11.5 Å². The van der Waals surface area contributed by atoms with Crippen LogP contribution < -0.4 is 0 Å². The molecule has 5 heterocycles. The topological polar surface area (TPSA) is 80.6 Å². The van der Waals surface area contributed by atoms with Gasteiger partial charge in [0, 0.05) is 19.2 Å². The molecule has 1 spiro atoms. The number of benzene rings is 1. The van der Waals surface area contributed by atoms with Gasteiger partial charge >= 0.3 is 0 Å². The summed E-state index contributed by atoms with van der Waals surface area (Å²) in [7, 11) is 0. The van der Waals surface area contributed by atoms with E-state index in [4.69, 9.17) is 4.74 Å². The third-order valence-corrected chi connectivity index (χ3v) is 7.01. The quantitative estimate of drug-likeness (QED) is 0.639. The number of likely N-dealkylation sites (tertiary alicyclic amines) is 1. The predicted molar refractivity (Wildman–Crippen MR) is 115 cm³/mol. The van der Waals surface area contributed by atoms with Gasteiger partial charge in [-0.3, -0.25) is 9.59 Å². The molecule has 8 heteroatoms. The minimum Gasteiger partial charge on any atom is -0.351 e. The first kappa shape index (κ1) is 19.2. The van der Waals surface area contributed by atoms with Crippen molar-refractivity contribution >= 4 is 11.8 Å². The van der Waals surface area contributed by atoms with Crippen LogP contribution in [-0.2, 0) is 9.53 Å². The van der Waals surface area contributed by atoms with Crippen molar-refractivity contribution < 1.29 is 14.3 Å². The average Bonchev–Trinajstić information content (AvgIpc) is 3.55. The average molecular weight is 429 g/mol. The fourth-order valence-electron chi connectivity index (χ4n) is 5.49. The van der Waals surface area contributed by atoms with E-state index in [0.29, 0.717) is 31.0 Å². The van der Waals surface area contributed by atoms with Gasteiger partial charge in [-0.05, 0) is 24.6 Å². The summed E-state index contributed by atoms with van der Waals surface area (Å²) in [4.78, 5) is 34.7. The molecule has 32 heavy (non-hydrogen) atoms. The summed E-state index contributed by atoms with van der Waals surface area (Å²) in [6.07, 6.45) is 4.18. The van der Waals surface area contributed by atoms with Gasteiger partial charge in [0.25, 0.3) is 5.91 Å². The van der Waals surface area contributed by atoms with Gasteiger partial charge in [0.2, 0.25) is 5.91 Å². The van der Waals surface area contributed by atoms with E-state index in [9.17, 15) is 9.59 Å². The van der Waals surface area contributed by atoms with Crippen molar-refractivity contribution in [2.75, 3.05) is 13.2 Å². The van der Waals surface area contributed by atoms with Gasteiger partial charge in [0.05, 0.1) is 42.6 Å². The Morgan fingerprint density at radius 2 is 1.97 bits per heavy atom. The maximum absolute atomic E-state index is 13.6. The van der Waals surface area contributed by atoms with E-state index in [1.54, 1.807) is 22.0 Å². The normalized spacial score (nSPS) is 26.5. The third-order valence-electron chi connectivity index (χ3n) is 7.01. The van der Waals surface area contributed by atoms with Crippen molar-refractivity contribution in [1.82, 2.24) is 24.6 Å². The zero-order valence-corrected chi connectivity index (χ0v) is 17.7. The number of ether oxygens (including phenoxy) is 1. The molecule has 2 amide bonds. The Morgan fingerprint density at radius 3 is 2.75 bits per heavy atom. The highest BCUT2D eigenvalue weighted by atomic mass is 16.5. The minimum atomic E-state index is -0.738. The molecule has 3 aliphatic rings. The molecular formula is C24H23N5O3. The highest BCUT2D eigenvalue weighted by molar-refractivity contribution is 5.96. The molecule has 0 radical (unpaired) electrons. The molecule has 6 rings (SSSR count). The predicted octanol–water partition coefficient (Wildman–Crippen LogP) is 2.49. The molecular weight excluding hydrogens is 406 g/mol. The van der Waals surface area contributed by atoms with Crippen LogP contribution in [0, 0.1) is 6.92 Å². The van der Waals surface area contributed by atoms with E-state index in [1.165, 1.54) is 0 Å². The molecule has 0 bridgehead atoms. The summed E-state index contributed by atoms with van der Waals surface area (Å²) in [5, 5.41) is 4.39. The Hall–Kier alpha value is -3.52. The Bertz CT molecular complexity index is 1190. The Kier molecular flexibility index (Phi) is 4.19. The maximum Gasteiger partial charge on any atom is 0.257 e. The number of carbonyl (C=O) groups is 2. The van der Waals surface area contributed by atoms with Gasteiger partial charge < -0.3 is 14.5 Å². The van der Waals surface area contributed by atoms with Crippen LogP contribution in [0.25, 0.3) is 5.82 Å². The first-order valence-corrected chi connectivity index (χ1v) is 10.9. The van der Waals surface area contributed by atoms with E-state index in [2.05, 4.69) is 10.1 Å². The first-order valence-electron chi connectivity index (χ1n) is 10.9. The largest absolute Gasteiger partial charge is 0.351 e. The van der Waals surface area contributed by atoms with Crippen molar-refractivity contribution in [2.24, 2.45) is 0 Å². The monoisotopic (exact) mass is 429 g/mol. The molecule has 0 saturated carbocycles. The van der Waals surface area contributed by atoms with Crippen LogP contribution in [0.3, 0.4) is 0 Å². The van der Waals surface area contributed by atoms with E-state index in [-0.39, 0.29) is 30.3 Å². The summed E-state index contributed by atoms with van der Waals surface area (Å²) in [6.45, 7) is 2.86. The van der Waals surface area contributed by atoms with Crippen molar-refractivity contribution in [3.8, 4) is 5.82 Å². The van der Waals surface area contributed by atoms with E-state index >= 15 is 0 Å². The molecule has 2 aromatic heterocycles. The number of rotatable bonds is 3. The maximum atomic E-state index is 13.6. The highest BCUT2D eigenvalue weighted by Crippen LogP contribution is 2.51. The molecule has 0 unspecified atom stereocenters. The first-order chi connectivity index (χ1) is 15.6. The van der Waals surface area contributed by atoms with Gasteiger partial charge in [-0.25, -0.2) is 9.67 Å². The van der Waals surface area contributed by atoms with Crippen molar-refractivity contribution in [3.05, 3.63) is 77.7 Å². The second-order valence-electron chi connectivity index (χ2n) is 8.56. The van der Waals surface area contributed by atoms with Crippen molar-refractivity contribution in [1.29, 1.82) is 0 Å². The number of carbonyl (C=O) groups excluding carboxylic acids is 2. The van der Waals surface area contributed by atoms with Crippen LogP contribution in [0.15, 0.2) is 60.9 Å². The molecule has 3 aromatic rings. The zero-order chi connectivity index (χ0) is 21.9. The number of pyridine rings is 1. The van der Waals surface area contributed by atoms with Crippen LogP contribution in [0.4, 0.5) is 0 Å². The van der Waals surface area contributed by atoms with Crippen molar-refractivity contribution in [3.63, 3.8) is 0 Å². The van der Waals surface area contributed by atoms with Gasteiger partial charge in [-0.1, -0.05) is 36.4 Å². The Balaban J connectivity index is 1.30. The number of hydrogen-bond donors (Lipinski definition) is 0. The van der Waals surface area contributed by atoms with Crippen LogP contribution in [0.2, 0.25) is 0 Å². The lowest BCUT2D eigenvalue weighted by Gasteiger charge is -2.33. The minimum absolute atomic E-state index is 0.0414. The molecule has 0 N–H and O–H groups in total. The lowest BCUT2D eigenvalue weighted by atomic mass is 10.0. The number of nitrogens with zero attached hydrogens (tertiary/aromatic N) is 5. The summed E-state index contributed by atoms with van der Waals surface area (Å²) in [5.41, 5.74) is 1.58. The van der Waals surface area contributed by atoms with E-state index in [1.807, 2.05) is 60.4 Å². The van der Waals surface area contributed by atoms with Crippen LogP contribution >= 0.6 is 0 Å². The number of hydrogen-bond acceptors (Lipinski definition) is 5. The fourth-order valence-corrected chi connectivity index (χ4v) is 5.49. The van der Waals surface area contributed by atoms with E-state index in [0.717, 1.165) is 11.3 Å². The molecule has 3 fully saturated rings. The second kappa shape index (κ2) is 7.00. The standard InChI is InChI=1S/C24H23N5O3/c1-16-18(14-26-29(16)21-9-5-6-11-25-21)23(31)27-12-10-24-20(27)13-22(30)28(24)19(15-32-24)17-7-3-2-4-8-17/h2-9,11,14,19-20H,10,12-13,15H2,1H3/t19-,20+,24-/m0/s1. The number of aromatic nitrogens is 3. The molecule has 1 aromatic carbocycles. The Morgan fingerprint density at radius 1 is 1.16 bits per heavy atom. The van der Waals surface area contributed by atoms with Crippen LogP contribution in [-0.4, -0.2) is 61.3 Å². The fraction of sp³-hybridized carbons (Fsp3) is 0.333. The molecule has 162 valence electrons. The molecule has 0 aliphatic carbocycles. The molecule has 3 saturated heterocycles. The Labute approximate surface area is 185 Å². The van der Waals surface area contributed by atoms with Gasteiger partial charge in [-0.15, -0.1) is 0 Å². The lowest BCUT2D eigenvalue weighted by Crippen LogP contribution is -2.49.